The van der Waals surface area contributed by atoms with Crippen LogP contribution in [0, 0.1) is 6.92 Å². The second-order valence-electron chi connectivity index (χ2n) is 9.72. The lowest BCUT2D eigenvalue weighted by Crippen LogP contribution is -2.34. The number of hydrogen-bond donors (Lipinski definition) is 1. The van der Waals surface area contributed by atoms with Crippen molar-refractivity contribution in [3.05, 3.63) is 94.0 Å². The molecule has 3 rings (SSSR count). The molecule has 198 valence electrons. The third-order valence-corrected chi connectivity index (χ3v) is 6.73. The fourth-order valence-corrected chi connectivity index (χ4v) is 4.45. The first-order chi connectivity index (χ1) is 18.0. The lowest BCUT2D eigenvalue weighted by atomic mass is 10.0. The van der Waals surface area contributed by atoms with Crippen molar-refractivity contribution in [3.63, 3.8) is 0 Å². The number of nitrogens with one attached hydrogen (secondary N) is 1. The molecule has 0 fully saturated rings. The first-order valence-corrected chi connectivity index (χ1v) is 14.0. The van der Waals surface area contributed by atoms with Crippen LogP contribution in [0.3, 0.4) is 0 Å². The number of aryl methyl sites for hydroxylation is 2. The van der Waals surface area contributed by atoms with Gasteiger partial charge in [-0.2, -0.15) is 0 Å². The Morgan fingerprint density at radius 2 is 1.41 bits per heavy atom. The van der Waals surface area contributed by atoms with Crippen molar-refractivity contribution >= 4 is 23.3 Å². The number of amides is 2. The molecule has 0 radical (unpaired) electrons. The number of anilines is 1. The molecular formula is C32H41ClN2O2. The molecule has 0 saturated carbocycles. The average molecular weight is 521 g/mol. The highest BCUT2D eigenvalue weighted by Gasteiger charge is 2.16. The van der Waals surface area contributed by atoms with E-state index in [-0.39, 0.29) is 6.03 Å². The molecule has 0 atom stereocenters. The molecule has 37 heavy (non-hydrogen) atoms. The van der Waals surface area contributed by atoms with Crippen LogP contribution < -0.4 is 10.1 Å². The molecule has 0 aliphatic carbocycles. The minimum Gasteiger partial charge on any atom is -0.494 e. The number of ether oxygens (including phenoxy) is 1. The Labute approximate surface area is 228 Å². The summed E-state index contributed by atoms with van der Waals surface area (Å²) < 4.78 is 5.86. The molecule has 0 aromatic heterocycles. The number of rotatable bonds is 14. The molecule has 5 heteroatoms. The van der Waals surface area contributed by atoms with Crippen LogP contribution in [0.25, 0.3) is 0 Å². The molecule has 1 N–H and O–H groups in total. The zero-order valence-corrected chi connectivity index (χ0v) is 23.3. The summed E-state index contributed by atoms with van der Waals surface area (Å²) in [5.74, 6) is 0.867. The van der Waals surface area contributed by atoms with Crippen LogP contribution in [0.2, 0.25) is 5.02 Å². The van der Waals surface area contributed by atoms with E-state index >= 15 is 0 Å². The van der Waals surface area contributed by atoms with Gasteiger partial charge in [-0.3, -0.25) is 0 Å². The normalized spacial score (nSPS) is 10.8. The van der Waals surface area contributed by atoms with Gasteiger partial charge in [0.25, 0.3) is 0 Å². The minimum absolute atomic E-state index is 0.141. The SMILES string of the molecule is CCCCCOc1ccc(CN(Cc2ccc(CCCCC)cc2)C(=O)Nc2ccc(Cl)cc2C)cc1. The number of benzene rings is 3. The summed E-state index contributed by atoms with van der Waals surface area (Å²) >= 11 is 6.11. The summed E-state index contributed by atoms with van der Waals surface area (Å²) in [6.45, 7) is 8.10. The summed E-state index contributed by atoms with van der Waals surface area (Å²) in [6.07, 6.45) is 8.20. The quantitative estimate of drug-likeness (QED) is 0.215. The second-order valence-corrected chi connectivity index (χ2v) is 10.2. The van der Waals surface area contributed by atoms with Crippen LogP contribution in [-0.4, -0.2) is 17.5 Å². The first-order valence-electron chi connectivity index (χ1n) is 13.6. The van der Waals surface area contributed by atoms with Gasteiger partial charge in [-0.15, -0.1) is 0 Å². The van der Waals surface area contributed by atoms with Crippen LogP contribution in [0.5, 0.6) is 5.75 Å². The largest absolute Gasteiger partial charge is 0.494 e. The Hall–Kier alpha value is -2.98. The molecule has 0 aliphatic rings. The van der Waals surface area contributed by atoms with E-state index in [1.165, 1.54) is 37.7 Å². The van der Waals surface area contributed by atoms with Gasteiger partial charge < -0.3 is 15.0 Å². The maximum atomic E-state index is 13.4. The van der Waals surface area contributed by atoms with Crippen LogP contribution in [0.4, 0.5) is 10.5 Å². The number of carbonyl (C=O) groups excluding carboxylic acids is 1. The van der Waals surface area contributed by atoms with Crippen molar-refractivity contribution < 1.29 is 9.53 Å². The van der Waals surface area contributed by atoms with Crippen LogP contribution in [-0.2, 0) is 19.5 Å². The predicted octanol–water partition coefficient (Wildman–Crippen LogP) is 9.18. The van der Waals surface area contributed by atoms with Gasteiger partial charge >= 0.3 is 6.03 Å². The Kier molecular flexibility index (Phi) is 11.8. The smallest absolute Gasteiger partial charge is 0.322 e. The fraction of sp³-hybridized carbons (Fsp3) is 0.406. The Morgan fingerprint density at radius 3 is 2.03 bits per heavy atom. The summed E-state index contributed by atoms with van der Waals surface area (Å²) in [5, 5.41) is 3.73. The number of urea groups is 1. The highest BCUT2D eigenvalue weighted by Crippen LogP contribution is 2.22. The molecule has 3 aromatic carbocycles. The molecule has 4 nitrogen and oxygen atoms in total. The van der Waals surface area contributed by atoms with Gasteiger partial charge in [-0.1, -0.05) is 87.5 Å². The zero-order valence-electron chi connectivity index (χ0n) is 22.6. The Balaban J connectivity index is 1.71. The van der Waals surface area contributed by atoms with Gasteiger partial charge in [0.05, 0.1) is 6.61 Å². The number of carbonyl (C=O) groups is 1. The zero-order chi connectivity index (χ0) is 26.5. The van der Waals surface area contributed by atoms with Crippen molar-refractivity contribution in [1.29, 1.82) is 0 Å². The van der Waals surface area contributed by atoms with Gasteiger partial charge in [0.2, 0.25) is 0 Å². The second kappa shape index (κ2) is 15.3. The van der Waals surface area contributed by atoms with Gasteiger partial charge in [-0.25, -0.2) is 4.79 Å². The van der Waals surface area contributed by atoms with Gasteiger partial charge in [-0.05, 0) is 78.8 Å². The third-order valence-electron chi connectivity index (χ3n) is 6.50. The van der Waals surface area contributed by atoms with E-state index in [0.717, 1.165) is 47.6 Å². The van der Waals surface area contributed by atoms with Crippen molar-refractivity contribution in [2.24, 2.45) is 0 Å². The summed E-state index contributed by atoms with van der Waals surface area (Å²) in [7, 11) is 0. The third kappa shape index (κ3) is 9.77. The van der Waals surface area contributed by atoms with Crippen molar-refractivity contribution in [1.82, 2.24) is 4.90 Å². The molecule has 3 aromatic rings. The molecule has 0 heterocycles. The Bertz CT molecular complexity index is 1100. The predicted molar refractivity (Wildman–Crippen MR) is 156 cm³/mol. The van der Waals surface area contributed by atoms with E-state index in [9.17, 15) is 4.79 Å². The summed E-state index contributed by atoms with van der Waals surface area (Å²) in [5.41, 5.74) is 5.21. The van der Waals surface area contributed by atoms with E-state index in [0.29, 0.717) is 18.1 Å². The molecule has 0 unspecified atom stereocenters. The molecule has 2 amide bonds. The maximum Gasteiger partial charge on any atom is 0.322 e. The van der Waals surface area contributed by atoms with Crippen molar-refractivity contribution in [2.75, 3.05) is 11.9 Å². The number of halogens is 1. The van der Waals surface area contributed by atoms with E-state index in [1.54, 1.807) is 6.07 Å². The van der Waals surface area contributed by atoms with E-state index in [1.807, 2.05) is 48.2 Å². The standard InChI is InChI=1S/C32H41ClN2O2/c1-4-6-8-10-26-11-13-27(14-12-26)23-35(32(36)34-31-20-17-29(33)22-25(31)3)24-28-15-18-30(19-16-28)37-21-9-7-5-2/h11-20,22H,4-10,21,23-24H2,1-3H3,(H,34,36). The maximum absolute atomic E-state index is 13.4. The number of unbranched alkanes of at least 4 members (excludes halogenated alkanes) is 4. The number of hydrogen-bond acceptors (Lipinski definition) is 2. The van der Waals surface area contributed by atoms with Crippen molar-refractivity contribution in [3.8, 4) is 5.75 Å². The monoisotopic (exact) mass is 520 g/mol. The van der Waals surface area contributed by atoms with Gasteiger partial charge in [0.15, 0.2) is 0 Å². The lowest BCUT2D eigenvalue weighted by molar-refractivity contribution is 0.206. The van der Waals surface area contributed by atoms with Gasteiger partial charge in [0.1, 0.15) is 5.75 Å². The van der Waals surface area contributed by atoms with E-state index in [4.69, 9.17) is 16.3 Å². The molecular weight excluding hydrogens is 480 g/mol. The van der Waals surface area contributed by atoms with Crippen molar-refractivity contribution in [2.45, 2.75) is 78.8 Å². The first kappa shape index (κ1) is 28.6. The number of nitrogens with zero attached hydrogens (tertiary/aromatic N) is 1. The Morgan fingerprint density at radius 1 is 0.811 bits per heavy atom. The van der Waals surface area contributed by atoms with Crippen LogP contribution in [0.1, 0.15) is 74.6 Å². The topological polar surface area (TPSA) is 41.6 Å². The van der Waals surface area contributed by atoms with Gasteiger partial charge in [0, 0.05) is 23.8 Å². The molecule has 0 aliphatic heterocycles. The van der Waals surface area contributed by atoms with Crippen LogP contribution in [0.15, 0.2) is 66.7 Å². The molecule has 0 bridgehead atoms. The summed E-state index contributed by atoms with van der Waals surface area (Å²) in [6, 6.07) is 22.1. The summed E-state index contributed by atoms with van der Waals surface area (Å²) in [4.78, 5) is 15.3. The van der Waals surface area contributed by atoms with Crippen LogP contribution >= 0.6 is 11.6 Å². The van der Waals surface area contributed by atoms with E-state index < -0.39 is 0 Å². The highest BCUT2D eigenvalue weighted by molar-refractivity contribution is 6.30. The minimum atomic E-state index is -0.141. The average Bonchev–Trinajstić information content (AvgIpc) is 2.90. The lowest BCUT2D eigenvalue weighted by Gasteiger charge is -2.24. The fourth-order valence-electron chi connectivity index (χ4n) is 4.23. The molecule has 0 spiro atoms. The highest BCUT2D eigenvalue weighted by atomic mass is 35.5. The molecule has 0 saturated heterocycles. The van der Waals surface area contributed by atoms with E-state index in [2.05, 4.69) is 43.4 Å².